The maximum atomic E-state index is 6.20. The molecule has 0 bridgehead atoms. The third kappa shape index (κ3) is 2.99. The molecule has 0 spiro atoms. The fraction of sp³-hybridized carbons (Fsp3) is 0.667. The molecule has 2 rings (SSSR count). The van der Waals surface area contributed by atoms with Crippen LogP contribution in [0.15, 0.2) is 21.7 Å². The molecule has 3 unspecified atom stereocenters. The van der Waals surface area contributed by atoms with E-state index in [0.29, 0.717) is 11.3 Å². The van der Waals surface area contributed by atoms with Gasteiger partial charge in [0.25, 0.3) is 0 Å². The van der Waals surface area contributed by atoms with Gasteiger partial charge in [0.15, 0.2) is 0 Å². The van der Waals surface area contributed by atoms with Gasteiger partial charge >= 0.3 is 0 Å². The van der Waals surface area contributed by atoms with Gasteiger partial charge in [0, 0.05) is 11.3 Å². The number of hydrogen-bond donors (Lipinski definition) is 1. The maximum Gasteiger partial charge on any atom is 0.0601 e. The Bertz CT molecular complexity index is 284. The molecular weight excluding hydrogens is 222 g/mol. The number of rotatable bonds is 3. The molecule has 0 saturated heterocycles. The van der Waals surface area contributed by atoms with Gasteiger partial charge in [-0.2, -0.15) is 0 Å². The minimum absolute atomic E-state index is 0.403. The summed E-state index contributed by atoms with van der Waals surface area (Å²) in [6.45, 7) is 2.30. The first-order valence-corrected chi connectivity index (χ1v) is 7.51. The van der Waals surface area contributed by atoms with E-state index in [1.54, 1.807) is 0 Å². The minimum Gasteiger partial charge on any atom is -0.327 e. The Hall–Kier alpha value is 0.01000. The maximum absolute atomic E-state index is 6.20. The summed E-state index contributed by atoms with van der Waals surface area (Å²) in [6.07, 6.45) is 5.16. The average Bonchev–Trinajstić information content (AvgIpc) is 2.74. The average molecular weight is 241 g/mol. The molecule has 0 aliphatic heterocycles. The molecule has 1 aromatic rings. The van der Waals surface area contributed by atoms with Crippen LogP contribution in [0.25, 0.3) is 0 Å². The molecule has 1 aliphatic carbocycles. The van der Waals surface area contributed by atoms with E-state index in [4.69, 9.17) is 5.73 Å². The van der Waals surface area contributed by atoms with Gasteiger partial charge in [-0.25, -0.2) is 0 Å². The fourth-order valence-electron chi connectivity index (χ4n) is 2.22. The molecule has 1 saturated carbocycles. The number of thioether (sulfide) groups is 1. The van der Waals surface area contributed by atoms with Gasteiger partial charge in [0.05, 0.1) is 4.21 Å². The molecule has 0 radical (unpaired) electrons. The highest BCUT2D eigenvalue weighted by atomic mass is 32.2. The van der Waals surface area contributed by atoms with Crippen molar-refractivity contribution in [2.45, 2.75) is 48.1 Å². The zero-order valence-corrected chi connectivity index (χ0v) is 10.8. The smallest absolute Gasteiger partial charge is 0.0601 e. The van der Waals surface area contributed by atoms with Gasteiger partial charge in [-0.05, 0) is 36.6 Å². The van der Waals surface area contributed by atoms with Crippen molar-refractivity contribution in [1.29, 1.82) is 0 Å². The Morgan fingerprint density at radius 3 is 3.07 bits per heavy atom. The van der Waals surface area contributed by atoms with Crippen LogP contribution in [0.1, 0.15) is 32.6 Å². The monoisotopic (exact) mass is 241 g/mol. The van der Waals surface area contributed by atoms with E-state index < -0.39 is 0 Å². The van der Waals surface area contributed by atoms with E-state index in [-0.39, 0.29) is 0 Å². The molecule has 2 N–H and O–H groups in total. The van der Waals surface area contributed by atoms with Crippen LogP contribution in [0.4, 0.5) is 0 Å². The molecule has 15 heavy (non-hydrogen) atoms. The Balaban J connectivity index is 1.94. The van der Waals surface area contributed by atoms with Crippen molar-refractivity contribution in [2.24, 2.45) is 11.7 Å². The third-order valence-electron chi connectivity index (χ3n) is 3.29. The van der Waals surface area contributed by atoms with Crippen molar-refractivity contribution in [2.75, 3.05) is 0 Å². The molecule has 0 amide bonds. The van der Waals surface area contributed by atoms with Crippen molar-refractivity contribution < 1.29 is 0 Å². The molecule has 1 heterocycles. The second-order valence-electron chi connectivity index (χ2n) is 4.34. The molecule has 84 valence electrons. The zero-order valence-electron chi connectivity index (χ0n) is 9.19. The topological polar surface area (TPSA) is 26.0 Å². The summed E-state index contributed by atoms with van der Waals surface area (Å²) in [5.41, 5.74) is 6.20. The number of nitrogens with two attached hydrogens (primary N) is 1. The van der Waals surface area contributed by atoms with Gasteiger partial charge in [-0.3, -0.25) is 0 Å². The van der Waals surface area contributed by atoms with Crippen LogP contribution >= 0.6 is 23.1 Å². The Morgan fingerprint density at radius 2 is 2.40 bits per heavy atom. The van der Waals surface area contributed by atoms with E-state index in [9.17, 15) is 0 Å². The first-order valence-electron chi connectivity index (χ1n) is 5.75. The van der Waals surface area contributed by atoms with Crippen LogP contribution in [-0.2, 0) is 0 Å². The third-order valence-corrected chi connectivity index (χ3v) is 5.74. The summed E-state index contributed by atoms with van der Waals surface area (Å²) in [6, 6.07) is 4.73. The normalized spacial score (nSPS) is 31.7. The molecule has 1 aliphatic rings. The van der Waals surface area contributed by atoms with Crippen LogP contribution in [-0.4, -0.2) is 11.3 Å². The first kappa shape index (κ1) is 11.5. The lowest BCUT2D eigenvalue weighted by atomic mass is 9.84. The Kier molecular flexibility index (Phi) is 4.12. The molecule has 3 heteroatoms. The highest BCUT2D eigenvalue weighted by molar-refractivity contribution is 8.01. The fourth-order valence-corrected chi connectivity index (χ4v) is 4.56. The van der Waals surface area contributed by atoms with E-state index in [2.05, 4.69) is 24.4 Å². The van der Waals surface area contributed by atoms with Crippen LogP contribution in [0, 0.1) is 5.92 Å². The number of thiophene rings is 1. The molecule has 0 aromatic carbocycles. The summed E-state index contributed by atoms with van der Waals surface area (Å²) in [5, 5.41) is 2.79. The molecule has 3 atom stereocenters. The highest BCUT2D eigenvalue weighted by Gasteiger charge is 2.28. The highest BCUT2D eigenvalue weighted by Crippen LogP contribution is 2.38. The van der Waals surface area contributed by atoms with Crippen LogP contribution in [0.2, 0.25) is 0 Å². The molecule has 1 aromatic heterocycles. The predicted molar refractivity (Wildman–Crippen MR) is 69.6 cm³/mol. The van der Waals surface area contributed by atoms with Crippen molar-refractivity contribution in [3.63, 3.8) is 0 Å². The predicted octanol–water partition coefficient (Wildman–Crippen LogP) is 3.75. The summed E-state index contributed by atoms with van der Waals surface area (Å²) in [7, 11) is 0. The van der Waals surface area contributed by atoms with E-state index in [0.717, 1.165) is 5.92 Å². The Morgan fingerprint density at radius 1 is 1.53 bits per heavy atom. The quantitative estimate of drug-likeness (QED) is 0.872. The van der Waals surface area contributed by atoms with Crippen molar-refractivity contribution >= 4 is 23.1 Å². The minimum atomic E-state index is 0.403. The van der Waals surface area contributed by atoms with Crippen LogP contribution in [0.3, 0.4) is 0 Å². The van der Waals surface area contributed by atoms with Gasteiger partial charge in [-0.15, -0.1) is 23.1 Å². The lowest BCUT2D eigenvalue weighted by Crippen LogP contribution is -2.38. The number of hydrogen-bond acceptors (Lipinski definition) is 3. The zero-order chi connectivity index (χ0) is 10.7. The van der Waals surface area contributed by atoms with E-state index in [1.807, 2.05) is 23.1 Å². The molecule has 1 fully saturated rings. The summed E-state index contributed by atoms with van der Waals surface area (Å²) in [4.78, 5) is 0. The second kappa shape index (κ2) is 5.37. The summed E-state index contributed by atoms with van der Waals surface area (Å²) < 4.78 is 1.42. The summed E-state index contributed by atoms with van der Waals surface area (Å²) in [5.74, 6) is 0.905. The van der Waals surface area contributed by atoms with Gasteiger partial charge < -0.3 is 5.73 Å². The SMILES string of the molecule is CCC1CCC(N)C(Sc2cccs2)C1. The Labute approximate surface area is 100 Å². The van der Waals surface area contributed by atoms with Gasteiger partial charge in [0.2, 0.25) is 0 Å². The van der Waals surface area contributed by atoms with Gasteiger partial charge in [-0.1, -0.05) is 19.4 Å². The second-order valence-corrected chi connectivity index (χ2v) is 6.83. The molecular formula is C12H19NS2. The van der Waals surface area contributed by atoms with E-state index >= 15 is 0 Å². The lowest BCUT2D eigenvalue weighted by molar-refractivity contribution is 0.328. The van der Waals surface area contributed by atoms with E-state index in [1.165, 1.54) is 29.9 Å². The first-order chi connectivity index (χ1) is 7.29. The van der Waals surface area contributed by atoms with Crippen molar-refractivity contribution in [3.05, 3.63) is 17.5 Å². The standard InChI is InChI=1S/C12H19NS2/c1-2-9-5-6-10(13)11(8-9)15-12-4-3-7-14-12/h3-4,7,9-11H,2,5-6,8,13H2,1H3. The van der Waals surface area contributed by atoms with Gasteiger partial charge in [0.1, 0.15) is 0 Å². The van der Waals surface area contributed by atoms with Crippen LogP contribution < -0.4 is 5.73 Å². The van der Waals surface area contributed by atoms with Crippen molar-refractivity contribution in [1.82, 2.24) is 0 Å². The summed E-state index contributed by atoms with van der Waals surface area (Å²) >= 11 is 3.83. The lowest BCUT2D eigenvalue weighted by Gasteiger charge is -2.32. The largest absolute Gasteiger partial charge is 0.327 e. The molecule has 1 nitrogen and oxygen atoms in total. The van der Waals surface area contributed by atoms with Crippen LogP contribution in [0.5, 0.6) is 0 Å². The van der Waals surface area contributed by atoms with Crippen molar-refractivity contribution in [3.8, 4) is 0 Å².